The van der Waals surface area contributed by atoms with Crippen molar-refractivity contribution in [2.75, 3.05) is 32.7 Å². The minimum atomic E-state index is -0.666. The Bertz CT molecular complexity index is 1430. The number of benzene rings is 3. The van der Waals surface area contributed by atoms with Crippen molar-refractivity contribution in [1.29, 1.82) is 0 Å². The number of anilines is 1. The zero-order chi connectivity index (χ0) is 29.4. The Morgan fingerprint density at radius 2 is 1.73 bits per heavy atom. The molecule has 1 saturated heterocycles. The minimum absolute atomic E-state index is 0.0276. The molecular weight excluding hydrogens is 610 g/mol. The van der Waals surface area contributed by atoms with Gasteiger partial charge in [-0.25, -0.2) is 9.79 Å². The van der Waals surface area contributed by atoms with Gasteiger partial charge in [0.05, 0.1) is 32.1 Å². The molecule has 1 atom stereocenters. The fourth-order valence-electron chi connectivity index (χ4n) is 4.09. The van der Waals surface area contributed by atoms with Crippen LogP contribution in [0.5, 0.6) is 11.5 Å². The predicted octanol–water partition coefficient (Wildman–Crippen LogP) is 5.85. The first-order chi connectivity index (χ1) is 19.8. The summed E-state index contributed by atoms with van der Waals surface area (Å²) < 4.78 is 16.7. The number of ether oxygens (including phenoxy) is 3. The van der Waals surface area contributed by atoms with Crippen LogP contribution in [0.25, 0.3) is 0 Å². The lowest BCUT2D eigenvalue weighted by Gasteiger charge is -2.32. The Balaban J connectivity index is 1.57. The molecule has 0 bridgehead atoms. The van der Waals surface area contributed by atoms with Crippen LogP contribution in [0, 0.1) is 0 Å². The van der Waals surface area contributed by atoms with Gasteiger partial charge < -0.3 is 19.5 Å². The van der Waals surface area contributed by atoms with Crippen molar-refractivity contribution in [2.24, 2.45) is 4.99 Å². The Labute approximate surface area is 251 Å². The van der Waals surface area contributed by atoms with Crippen LogP contribution in [0.3, 0.4) is 0 Å². The highest BCUT2D eigenvalue weighted by Crippen LogP contribution is 2.32. The van der Waals surface area contributed by atoms with Crippen LogP contribution in [0.4, 0.5) is 11.4 Å². The van der Waals surface area contributed by atoms with Crippen LogP contribution in [0.2, 0.25) is 0 Å². The molecule has 214 valence electrons. The van der Waals surface area contributed by atoms with Gasteiger partial charge in [0.2, 0.25) is 11.8 Å². The first-order valence-electron chi connectivity index (χ1n) is 12.9. The van der Waals surface area contributed by atoms with E-state index in [9.17, 15) is 14.4 Å². The highest BCUT2D eigenvalue weighted by atomic mass is 79.9. The van der Waals surface area contributed by atoms with Crippen molar-refractivity contribution in [1.82, 2.24) is 4.90 Å². The van der Waals surface area contributed by atoms with Gasteiger partial charge in [-0.2, -0.15) is 0 Å². The fourth-order valence-corrected chi connectivity index (χ4v) is 5.48. The number of amidine groups is 1. The number of nitrogens with zero attached hydrogens (tertiary/aromatic N) is 2. The van der Waals surface area contributed by atoms with E-state index in [1.807, 2.05) is 30.3 Å². The number of methoxy groups -OCH3 is 2. The molecule has 0 aliphatic carbocycles. The lowest BCUT2D eigenvalue weighted by atomic mass is 10.1. The quantitative estimate of drug-likeness (QED) is 0.278. The molecule has 1 N–H and O–H groups in total. The van der Waals surface area contributed by atoms with Crippen molar-refractivity contribution in [2.45, 2.75) is 25.0 Å². The second-order valence-electron chi connectivity index (χ2n) is 8.95. The zero-order valence-corrected chi connectivity index (χ0v) is 25.3. The first-order valence-corrected chi connectivity index (χ1v) is 14.6. The number of thioether (sulfide) groups is 1. The third-order valence-electron chi connectivity index (χ3n) is 6.22. The predicted molar refractivity (Wildman–Crippen MR) is 163 cm³/mol. The monoisotopic (exact) mass is 639 g/mol. The van der Waals surface area contributed by atoms with Crippen molar-refractivity contribution in [3.05, 3.63) is 82.3 Å². The van der Waals surface area contributed by atoms with Crippen LogP contribution in [-0.4, -0.2) is 60.5 Å². The summed E-state index contributed by atoms with van der Waals surface area (Å²) in [5.41, 5.74) is 2.53. The van der Waals surface area contributed by atoms with E-state index in [2.05, 4.69) is 21.2 Å². The molecule has 3 aromatic carbocycles. The first kappa shape index (κ1) is 30.1. The van der Waals surface area contributed by atoms with Gasteiger partial charge >= 0.3 is 5.97 Å². The number of carbonyl (C=O) groups is 3. The van der Waals surface area contributed by atoms with E-state index in [-0.39, 0.29) is 24.8 Å². The Morgan fingerprint density at radius 1 is 1.02 bits per heavy atom. The smallest absolute Gasteiger partial charge is 0.338 e. The van der Waals surface area contributed by atoms with Crippen molar-refractivity contribution < 1.29 is 28.6 Å². The van der Waals surface area contributed by atoms with E-state index >= 15 is 0 Å². The van der Waals surface area contributed by atoms with Crippen LogP contribution in [-0.2, 0) is 20.7 Å². The Kier molecular flexibility index (Phi) is 10.4. The summed E-state index contributed by atoms with van der Waals surface area (Å²) in [6, 6.07) is 19.5. The van der Waals surface area contributed by atoms with Crippen molar-refractivity contribution >= 4 is 62.0 Å². The molecule has 1 fully saturated rings. The molecule has 0 saturated carbocycles. The second-order valence-corrected chi connectivity index (χ2v) is 11.0. The number of carbonyl (C=O) groups excluding carboxylic acids is 3. The van der Waals surface area contributed by atoms with E-state index in [4.69, 9.17) is 19.2 Å². The highest BCUT2D eigenvalue weighted by molar-refractivity contribution is 9.10. The topological polar surface area (TPSA) is 107 Å². The Hall–Kier alpha value is -3.83. The Morgan fingerprint density at radius 3 is 2.39 bits per heavy atom. The number of rotatable bonds is 10. The fraction of sp³-hybridized carbons (Fsp3) is 0.267. The standard InChI is InChI=1S/C30H30BrN3O6S/c1-4-40-29(37)20-6-10-23(11-7-20)33-30-34(16-15-19-5-14-24(38-2)25(17-19)39-3)27(35)18-26(41-30)28(36)32-22-12-8-21(31)9-13-22/h5-14,17,26H,4,15-16,18H2,1-3H3,(H,32,36). The summed E-state index contributed by atoms with van der Waals surface area (Å²) in [6.45, 7) is 2.37. The van der Waals surface area contributed by atoms with Gasteiger partial charge in [0.25, 0.3) is 0 Å². The normalized spacial score (nSPS) is 15.9. The summed E-state index contributed by atoms with van der Waals surface area (Å²) in [4.78, 5) is 44.9. The molecule has 1 unspecified atom stereocenters. The third-order valence-corrected chi connectivity index (χ3v) is 7.94. The number of hydrogen-bond acceptors (Lipinski definition) is 8. The number of nitrogens with one attached hydrogen (secondary N) is 1. The number of halogens is 1. The van der Waals surface area contributed by atoms with Crippen LogP contribution in [0.1, 0.15) is 29.3 Å². The summed E-state index contributed by atoms with van der Waals surface area (Å²) in [6.07, 6.45) is 0.559. The third kappa shape index (κ3) is 7.89. The van der Waals surface area contributed by atoms with Crippen LogP contribution < -0.4 is 14.8 Å². The number of amides is 2. The molecule has 0 spiro atoms. The molecule has 2 amide bonds. The van der Waals surface area contributed by atoms with Gasteiger partial charge in [-0.1, -0.05) is 33.8 Å². The van der Waals surface area contributed by atoms with Gasteiger partial charge in [0, 0.05) is 23.1 Å². The maximum Gasteiger partial charge on any atom is 0.338 e. The van der Waals surface area contributed by atoms with Gasteiger partial charge in [0.15, 0.2) is 16.7 Å². The summed E-state index contributed by atoms with van der Waals surface area (Å²) in [7, 11) is 3.15. The molecule has 3 aromatic rings. The molecule has 9 nitrogen and oxygen atoms in total. The molecule has 1 aliphatic rings. The average molecular weight is 641 g/mol. The van der Waals surface area contributed by atoms with Crippen LogP contribution >= 0.6 is 27.7 Å². The summed E-state index contributed by atoms with van der Waals surface area (Å²) >= 11 is 4.62. The van der Waals surface area contributed by atoms with E-state index in [0.29, 0.717) is 46.6 Å². The molecule has 0 radical (unpaired) electrons. The molecule has 11 heteroatoms. The van der Waals surface area contributed by atoms with Gasteiger partial charge in [-0.05, 0) is 79.6 Å². The molecule has 41 heavy (non-hydrogen) atoms. The number of esters is 1. The number of aliphatic imine (C=N–C) groups is 1. The highest BCUT2D eigenvalue weighted by Gasteiger charge is 2.36. The minimum Gasteiger partial charge on any atom is -0.493 e. The molecule has 4 rings (SSSR count). The average Bonchev–Trinajstić information content (AvgIpc) is 2.98. The SMILES string of the molecule is CCOC(=O)c1ccc(N=C2SC(C(=O)Nc3ccc(Br)cc3)CC(=O)N2CCc2ccc(OC)c(OC)c2)cc1. The molecule has 1 aliphatic heterocycles. The maximum atomic E-state index is 13.4. The van der Waals surface area contributed by atoms with E-state index in [0.717, 1.165) is 10.0 Å². The van der Waals surface area contributed by atoms with Crippen LogP contribution in [0.15, 0.2) is 76.2 Å². The molecule has 0 aromatic heterocycles. The molecule has 1 heterocycles. The number of hydrogen-bond donors (Lipinski definition) is 1. The summed E-state index contributed by atoms with van der Waals surface area (Å²) in [5.74, 6) is 0.311. The van der Waals surface area contributed by atoms with E-state index in [1.165, 1.54) is 11.8 Å². The maximum absolute atomic E-state index is 13.4. The lowest BCUT2D eigenvalue weighted by molar-refractivity contribution is -0.129. The molecular formula is C30H30BrN3O6S. The van der Waals surface area contributed by atoms with E-state index in [1.54, 1.807) is 62.4 Å². The lowest BCUT2D eigenvalue weighted by Crippen LogP contribution is -2.46. The van der Waals surface area contributed by atoms with Gasteiger partial charge in [-0.15, -0.1) is 0 Å². The van der Waals surface area contributed by atoms with Gasteiger partial charge in [-0.3, -0.25) is 14.5 Å². The zero-order valence-electron chi connectivity index (χ0n) is 22.9. The van der Waals surface area contributed by atoms with Crippen molar-refractivity contribution in [3.63, 3.8) is 0 Å². The largest absolute Gasteiger partial charge is 0.493 e. The van der Waals surface area contributed by atoms with E-state index < -0.39 is 11.2 Å². The van der Waals surface area contributed by atoms with Crippen molar-refractivity contribution in [3.8, 4) is 11.5 Å². The summed E-state index contributed by atoms with van der Waals surface area (Å²) in [5, 5.41) is 2.63. The van der Waals surface area contributed by atoms with Gasteiger partial charge in [0.1, 0.15) is 5.25 Å². The second kappa shape index (κ2) is 14.2.